The minimum Gasteiger partial charge on any atom is -0.383 e. The monoisotopic (exact) mass is 439 g/mol. The Morgan fingerprint density at radius 1 is 1.22 bits per heavy atom. The molecule has 4 rings (SSSR count). The molecule has 1 aromatic carbocycles. The Bertz CT molecular complexity index is 1040. The average molecular weight is 440 g/mol. The number of carbonyl (C=O) groups is 1. The van der Waals surface area contributed by atoms with E-state index in [1.165, 1.54) is 0 Å². The highest BCUT2D eigenvalue weighted by atomic mass is 19.1. The third-order valence-corrected chi connectivity index (χ3v) is 6.24. The fourth-order valence-corrected chi connectivity index (χ4v) is 4.64. The molecular formula is C25H27F2N3O2. The van der Waals surface area contributed by atoms with E-state index in [9.17, 15) is 13.6 Å². The van der Waals surface area contributed by atoms with Crippen molar-refractivity contribution < 1.29 is 18.3 Å². The molecule has 3 unspecified atom stereocenters. The van der Waals surface area contributed by atoms with Gasteiger partial charge in [-0.05, 0) is 50.0 Å². The van der Waals surface area contributed by atoms with Crippen LogP contribution >= 0.6 is 0 Å². The summed E-state index contributed by atoms with van der Waals surface area (Å²) in [6.07, 6.45) is 9.15. The topological polar surface area (TPSA) is 45.1 Å². The number of hydrogen-bond donors (Lipinski definition) is 0. The molecule has 1 aliphatic carbocycles. The summed E-state index contributed by atoms with van der Waals surface area (Å²) in [7, 11) is 1.64. The molecule has 3 atom stereocenters. The van der Waals surface area contributed by atoms with Crippen molar-refractivity contribution in [2.24, 2.45) is 10.9 Å². The number of aliphatic imine (C=N–C) groups is 1. The van der Waals surface area contributed by atoms with Crippen LogP contribution in [0.3, 0.4) is 0 Å². The number of methoxy groups -OCH3 is 1. The number of rotatable bonds is 3. The fraction of sp³-hybridized carbons (Fsp3) is 0.440. The number of benzene rings is 1. The van der Waals surface area contributed by atoms with Crippen molar-refractivity contribution in [1.82, 2.24) is 9.80 Å². The van der Waals surface area contributed by atoms with Crippen LogP contribution < -0.4 is 0 Å². The Hall–Kier alpha value is -2.98. The lowest BCUT2D eigenvalue weighted by atomic mass is 10.0. The zero-order valence-corrected chi connectivity index (χ0v) is 18.4. The van der Waals surface area contributed by atoms with E-state index in [0.717, 1.165) is 43.3 Å². The molecule has 0 spiro atoms. The highest BCUT2D eigenvalue weighted by Crippen LogP contribution is 2.37. The van der Waals surface area contributed by atoms with E-state index in [0.29, 0.717) is 25.1 Å². The summed E-state index contributed by atoms with van der Waals surface area (Å²) in [6, 6.07) is 3.48. The molecule has 1 aromatic rings. The second kappa shape index (κ2) is 9.66. The minimum absolute atomic E-state index is 0.00349. The van der Waals surface area contributed by atoms with E-state index in [1.807, 2.05) is 22.0 Å². The summed E-state index contributed by atoms with van der Waals surface area (Å²) in [4.78, 5) is 21.8. The molecular weight excluding hydrogens is 412 g/mol. The minimum atomic E-state index is -0.571. The summed E-state index contributed by atoms with van der Waals surface area (Å²) in [5.41, 5.74) is 0.570. The van der Waals surface area contributed by atoms with Crippen LogP contribution in [0, 0.1) is 29.4 Å². The third kappa shape index (κ3) is 4.46. The molecule has 2 aliphatic heterocycles. The van der Waals surface area contributed by atoms with E-state index < -0.39 is 11.6 Å². The Labute approximate surface area is 187 Å². The fourth-order valence-electron chi connectivity index (χ4n) is 4.64. The summed E-state index contributed by atoms with van der Waals surface area (Å²) >= 11 is 0. The number of halogens is 2. The number of hydrogen-bond acceptors (Lipinski definition) is 3. The van der Waals surface area contributed by atoms with Gasteiger partial charge < -0.3 is 9.64 Å². The first-order valence-corrected chi connectivity index (χ1v) is 11.0. The van der Waals surface area contributed by atoms with Crippen molar-refractivity contribution in [1.29, 1.82) is 0 Å². The molecule has 2 amide bonds. The van der Waals surface area contributed by atoms with Gasteiger partial charge in [0.25, 0.3) is 0 Å². The van der Waals surface area contributed by atoms with Crippen molar-refractivity contribution in [3.8, 4) is 11.8 Å². The number of ether oxygens (including phenoxy) is 1. The summed E-state index contributed by atoms with van der Waals surface area (Å²) in [5, 5.41) is 0. The van der Waals surface area contributed by atoms with Gasteiger partial charge in [-0.2, -0.15) is 0 Å². The number of fused-ring (bicyclic) bond motifs is 1. The zero-order valence-electron chi connectivity index (χ0n) is 18.4. The van der Waals surface area contributed by atoms with Crippen molar-refractivity contribution in [3.05, 3.63) is 59.3 Å². The Kier molecular flexibility index (Phi) is 6.71. The van der Waals surface area contributed by atoms with Gasteiger partial charge in [-0.25, -0.2) is 18.6 Å². The lowest BCUT2D eigenvalue weighted by Crippen LogP contribution is -2.43. The van der Waals surface area contributed by atoms with Crippen molar-refractivity contribution in [2.45, 2.75) is 44.7 Å². The average Bonchev–Trinajstić information content (AvgIpc) is 3.32. The molecule has 168 valence electrons. The maximum atomic E-state index is 13.9. The Morgan fingerprint density at radius 3 is 2.84 bits per heavy atom. The number of amides is 2. The molecule has 3 aliphatic rings. The molecule has 5 nitrogen and oxygen atoms in total. The smallest absolute Gasteiger partial charge is 0.326 e. The molecule has 0 bridgehead atoms. The van der Waals surface area contributed by atoms with Gasteiger partial charge in [0.15, 0.2) is 0 Å². The van der Waals surface area contributed by atoms with Gasteiger partial charge in [0.05, 0.1) is 24.3 Å². The SMILES string of the molecule is COCCN1C(=O)N(C2=NC=C(C#Cc3cc(F)ccc3F)C=CCC2C)C2CCCC21. The first-order chi connectivity index (χ1) is 15.5. The van der Waals surface area contributed by atoms with Gasteiger partial charge in [-0.1, -0.05) is 24.8 Å². The molecule has 1 saturated carbocycles. The lowest BCUT2D eigenvalue weighted by molar-refractivity contribution is 0.144. The number of nitrogens with zero attached hydrogens (tertiary/aromatic N) is 3. The second-order valence-electron chi connectivity index (χ2n) is 8.39. The molecule has 0 aromatic heterocycles. The van der Waals surface area contributed by atoms with Gasteiger partial charge >= 0.3 is 6.03 Å². The molecule has 0 radical (unpaired) electrons. The summed E-state index contributed by atoms with van der Waals surface area (Å²) < 4.78 is 32.5. The highest BCUT2D eigenvalue weighted by Gasteiger charge is 2.50. The summed E-state index contributed by atoms with van der Waals surface area (Å²) in [6.45, 7) is 3.13. The maximum Gasteiger partial charge on any atom is 0.326 e. The normalized spacial score (nSPS) is 25.0. The van der Waals surface area contributed by atoms with Gasteiger partial charge in [0.1, 0.15) is 17.5 Å². The molecule has 7 heteroatoms. The van der Waals surface area contributed by atoms with E-state index >= 15 is 0 Å². The van der Waals surface area contributed by atoms with Crippen LogP contribution in [0.15, 0.2) is 47.1 Å². The van der Waals surface area contributed by atoms with Gasteiger partial charge in [0, 0.05) is 31.3 Å². The van der Waals surface area contributed by atoms with Crippen molar-refractivity contribution in [2.75, 3.05) is 20.3 Å². The molecule has 0 N–H and O–H groups in total. The third-order valence-electron chi connectivity index (χ3n) is 6.24. The van der Waals surface area contributed by atoms with Gasteiger partial charge in [-0.15, -0.1) is 0 Å². The van der Waals surface area contributed by atoms with Crippen LogP contribution in [0.1, 0.15) is 38.2 Å². The number of carbonyl (C=O) groups excluding carboxylic acids is 1. The largest absolute Gasteiger partial charge is 0.383 e. The summed E-state index contributed by atoms with van der Waals surface area (Å²) in [5.74, 6) is 5.24. The lowest BCUT2D eigenvalue weighted by Gasteiger charge is -2.27. The quantitative estimate of drug-likeness (QED) is 0.651. The van der Waals surface area contributed by atoms with Crippen LogP contribution in [0.25, 0.3) is 0 Å². The van der Waals surface area contributed by atoms with Crippen LogP contribution in [-0.4, -0.2) is 54.0 Å². The maximum absolute atomic E-state index is 13.9. The van der Waals surface area contributed by atoms with Crippen LogP contribution in [0.4, 0.5) is 13.6 Å². The van der Waals surface area contributed by atoms with Crippen molar-refractivity contribution >= 4 is 11.9 Å². The standard InChI is InChI=1S/C25H27F2N3O2/c1-17-5-3-6-18(9-10-19-15-20(26)11-12-21(19)27)16-28-24(17)30-23-8-4-7-22(23)29(25(30)31)13-14-32-2/h3,6,11-12,15-17,22-23H,4-5,7-8,13-14H2,1-2H3. The van der Waals surface area contributed by atoms with E-state index in [4.69, 9.17) is 4.74 Å². The first kappa shape index (κ1) is 22.2. The number of allylic oxidation sites excluding steroid dienone is 3. The zero-order chi connectivity index (χ0) is 22.7. The number of amidine groups is 1. The second-order valence-corrected chi connectivity index (χ2v) is 8.39. The van der Waals surface area contributed by atoms with Gasteiger partial charge in [0.2, 0.25) is 0 Å². The molecule has 1 saturated heterocycles. The first-order valence-electron chi connectivity index (χ1n) is 11.0. The molecule has 2 fully saturated rings. The van der Waals surface area contributed by atoms with E-state index in [-0.39, 0.29) is 29.6 Å². The van der Waals surface area contributed by atoms with E-state index in [1.54, 1.807) is 13.3 Å². The van der Waals surface area contributed by atoms with Crippen LogP contribution in [0.5, 0.6) is 0 Å². The van der Waals surface area contributed by atoms with Gasteiger partial charge in [-0.3, -0.25) is 4.90 Å². The Balaban J connectivity index is 1.63. The van der Waals surface area contributed by atoms with E-state index in [2.05, 4.69) is 23.8 Å². The number of urea groups is 1. The molecule has 2 heterocycles. The van der Waals surface area contributed by atoms with Crippen LogP contribution in [0.2, 0.25) is 0 Å². The van der Waals surface area contributed by atoms with Crippen molar-refractivity contribution in [3.63, 3.8) is 0 Å². The predicted molar refractivity (Wildman–Crippen MR) is 119 cm³/mol. The molecule has 32 heavy (non-hydrogen) atoms. The highest BCUT2D eigenvalue weighted by molar-refractivity contribution is 6.01. The van der Waals surface area contributed by atoms with Crippen LogP contribution in [-0.2, 0) is 4.74 Å². The Morgan fingerprint density at radius 2 is 2.03 bits per heavy atom. The predicted octanol–water partition coefficient (Wildman–Crippen LogP) is 4.50.